The van der Waals surface area contributed by atoms with Crippen molar-refractivity contribution in [3.63, 3.8) is 0 Å². The van der Waals surface area contributed by atoms with Crippen molar-refractivity contribution in [2.24, 2.45) is 5.73 Å². The first kappa shape index (κ1) is 19.1. The van der Waals surface area contributed by atoms with Gasteiger partial charge in [-0.3, -0.25) is 19.1 Å². The van der Waals surface area contributed by atoms with Crippen LogP contribution >= 0.6 is 0 Å². The van der Waals surface area contributed by atoms with E-state index in [1.165, 1.54) is 16.8 Å². The summed E-state index contributed by atoms with van der Waals surface area (Å²) >= 11 is 0. The van der Waals surface area contributed by atoms with Gasteiger partial charge in [0.1, 0.15) is 17.1 Å². The van der Waals surface area contributed by atoms with Crippen LogP contribution < -0.4 is 17.0 Å². The van der Waals surface area contributed by atoms with Crippen LogP contribution in [0.5, 0.6) is 5.75 Å². The lowest BCUT2D eigenvalue weighted by Crippen LogP contribution is -2.28. The number of amides is 1. The van der Waals surface area contributed by atoms with Crippen molar-refractivity contribution in [3.8, 4) is 22.8 Å². The number of rotatable bonds is 3. The molecule has 1 aromatic carbocycles. The van der Waals surface area contributed by atoms with Gasteiger partial charge in [0.25, 0.3) is 11.5 Å². The van der Waals surface area contributed by atoms with Gasteiger partial charge in [0.2, 0.25) is 0 Å². The molecule has 0 unspecified atom stereocenters. The minimum Gasteiger partial charge on any atom is -0.508 e. The minimum atomic E-state index is -0.821. The van der Waals surface area contributed by atoms with Crippen LogP contribution in [0, 0.1) is 13.8 Å². The van der Waals surface area contributed by atoms with Gasteiger partial charge in [-0.2, -0.15) is 0 Å². The Bertz CT molecular complexity index is 1380. The molecule has 0 bridgehead atoms. The number of nitrogens with two attached hydrogens (primary N) is 2. The van der Waals surface area contributed by atoms with Gasteiger partial charge in [-0.15, -0.1) is 0 Å². The number of phenolic OH excluding ortho intramolecular Hbond substituents is 1. The molecule has 0 radical (unpaired) electrons. The fourth-order valence-electron chi connectivity index (χ4n) is 3.49. The second kappa shape index (κ2) is 6.96. The third-order valence-electron chi connectivity index (χ3n) is 4.95. The van der Waals surface area contributed by atoms with Crippen LogP contribution in [0.1, 0.15) is 21.5 Å². The van der Waals surface area contributed by atoms with Gasteiger partial charge < -0.3 is 16.6 Å². The average Bonchev–Trinajstić information content (AvgIpc) is 2.73. The Kier molecular flexibility index (Phi) is 4.42. The van der Waals surface area contributed by atoms with Crippen molar-refractivity contribution >= 4 is 22.6 Å². The number of primary amides is 1. The van der Waals surface area contributed by atoms with Crippen LogP contribution in [-0.4, -0.2) is 30.5 Å². The third-order valence-corrected chi connectivity index (χ3v) is 4.95. The first-order valence-corrected chi connectivity index (χ1v) is 9.02. The molecule has 3 aromatic heterocycles. The second-order valence-corrected chi connectivity index (χ2v) is 6.83. The van der Waals surface area contributed by atoms with Crippen molar-refractivity contribution in [1.29, 1.82) is 0 Å². The Morgan fingerprint density at radius 3 is 2.50 bits per heavy atom. The third kappa shape index (κ3) is 2.84. The van der Waals surface area contributed by atoms with E-state index >= 15 is 0 Å². The van der Waals surface area contributed by atoms with Crippen molar-refractivity contribution < 1.29 is 9.90 Å². The zero-order valence-electron chi connectivity index (χ0n) is 16.2. The van der Waals surface area contributed by atoms with Crippen molar-refractivity contribution in [2.75, 3.05) is 5.73 Å². The van der Waals surface area contributed by atoms with Crippen LogP contribution in [0.25, 0.3) is 28.0 Å². The van der Waals surface area contributed by atoms with E-state index in [1.54, 1.807) is 44.4 Å². The molecule has 9 nitrogen and oxygen atoms in total. The molecule has 9 heteroatoms. The summed E-state index contributed by atoms with van der Waals surface area (Å²) in [5.74, 6) is -0.599. The highest BCUT2D eigenvalue weighted by molar-refractivity contribution is 6.09. The highest BCUT2D eigenvalue weighted by Gasteiger charge is 2.23. The SMILES string of the molecule is Cc1ccc(O)c(C)c1-n1c(N)c(C(N)=O)c2ncc(-c3ncccn3)cc2c1=O. The number of hydrogen-bond acceptors (Lipinski definition) is 7. The molecule has 4 rings (SSSR count). The fraction of sp³-hybridized carbons (Fsp3) is 0.0952. The topological polar surface area (TPSA) is 150 Å². The Hall–Kier alpha value is -4.27. The van der Waals surface area contributed by atoms with Crippen molar-refractivity contribution in [1.82, 2.24) is 19.5 Å². The molecule has 1 amide bonds. The predicted octanol–water partition coefficient (Wildman–Crippen LogP) is 1.85. The van der Waals surface area contributed by atoms with Crippen molar-refractivity contribution in [2.45, 2.75) is 13.8 Å². The number of nitrogens with zero attached hydrogens (tertiary/aromatic N) is 4. The summed E-state index contributed by atoms with van der Waals surface area (Å²) in [4.78, 5) is 38.3. The molecule has 0 saturated carbocycles. The number of hydrogen-bond donors (Lipinski definition) is 3. The number of anilines is 1. The van der Waals surface area contributed by atoms with Gasteiger partial charge in [-0.05, 0) is 37.6 Å². The van der Waals surface area contributed by atoms with Crippen LogP contribution in [0.3, 0.4) is 0 Å². The number of aromatic nitrogens is 4. The van der Waals surface area contributed by atoms with Gasteiger partial charge in [-0.25, -0.2) is 9.97 Å². The van der Waals surface area contributed by atoms with Gasteiger partial charge in [0, 0.05) is 29.7 Å². The standard InChI is InChI=1S/C21H18N6O3/c1-10-4-5-14(28)11(2)17(10)27-18(22)15(19(23)29)16-13(21(27)30)8-12(9-26-16)20-24-6-3-7-25-20/h3-9,28H,22H2,1-2H3,(H2,23,29). The predicted molar refractivity (Wildman–Crippen MR) is 112 cm³/mol. The average molecular weight is 402 g/mol. The molecule has 0 saturated heterocycles. The lowest BCUT2D eigenvalue weighted by Gasteiger charge is -2.19. The minimum absolute atomic E-state index is 0.00724. The molecule has 0 spiro atoms. The smallest absolute Gasteiger partial charge is 0.266 e. The number of benzene rings is 1. The van der Waals surface area contributed by atoms with E-state index < -0.39 is 11.5 Å². The number of nitrogen functional groups attached to an aromatic ring is 1. The summed E-state index contributed by atoms with van der Waals surface area (Å²) in [6.07, 6.45) is 4.60. The van der Waals surface area contributed by atoms with Crippen molar-refractivity contribution in [3.05, 3.63) is 69.9 Å². The molecule has 0 aliphatic carbocycles. The lowest BCUT2D eigenvalue weighted by atomic mass is 10.0. The maximum absolute atomic E-state index is 13.5. The normalized spacial score (nSPS) is 11.0. The molecular formula is C21H18N6O3. The molecule has 30 heavy (non-hydrogen) atoms. The van der Waals surface area contributed by atoms with Crippen LogP contribution in [0.2, 0.25) is 0 Å². The summed E-state index contributed by atoms with van der Waals surface area (Å²) < 4.78 is 1.18. The van der Waals surface area contributed by atoms with Crippen LogP contribution in [-0.2, 0) is 0 Å². The highest BCUT2D eigenvalue weighted by atomic mass is 16.3. The van der Waals surface area contributed by atoms with E-state index in [-0.39, 0.29) is 28.0 Å². The maximum atomic E-state index is 13.5. The molecule has 3 heterocycles. The monoisotopic (exact) mass is 402 g/mol. The number of aryl methyl sites for hydroxylation is 1. The zero-order chi connectivity index (χ0) is 21.6. The second-order valence-electron chi connectivity index (χ2n) is 6.83. The molecule has 0 aliphatic rings. The largest absolute Gasteiger partial charge is 0.508 e. The van der Waals surface area contributed by atoms with E-state index in [0.29, 0.717) is 28.2 Å². The van der Waals surface area contributed by atoms with Crippen LogP contribution in [0.15, 0.2) is 47.7 Å². The summed E-state index contributed by atoms with van der Waals surface area (Å²) in [5.41, 5.74) is 13.3. The molecule has 4 aromatic rings. The summed E-state index contributed by atoms with van der Waals surface area (Å²) in [6.45, 7) is 3.43. The Morgan fingerprint density at radius 2 is 1.83 bits per heavy atom. The molecule has 0 aliphatic heterocycles. The quantitative estimate of drug-likeness (QED) is 0.473. The fourth-order valence-corrected chi connectivity index (χ4v) is 3.49. The number of fused-ring (bicyclic) bond motifs is 1. The molecule has 150 valence electrons. The first-order valence-electron chi connectivity index (χ1n) is 9.02. The Labute approximate surface area is 170 Å². The number of carbonyl (C=O) groups is 1. The lowest BCUT2D eigenvalue weighted by molar-refractivity contribution is 0.100. The van der Waals surface area contributed by atoms with E-state index in [9.17, 15) is 14.7 Å². The Morgan fingerprint density at radius 1 is 1.13 bits per heavy atom. The number of pyridine rings is 2. The zero-order valence-corrected chi connectivity index (χ0v) is 16.2. The van der Waals surface area contributed by atoms with Gasteiger partial charge >= 0.3 is 0 Å². The highest BCUT2D eigenvalue weighted by Crippen LogP contribution is 2.30. The van der Waals surface area contributed by atoms with Crippen LogP contribution in [0.4, 0.5) is 5.82 Å². The van der Waals surface area contributed by atoms with E-state index in [0.717, 1.165) is 0 Å². The molecule has 5 N–H and O–H groups in total. The number of carbonyl (C=O) groups excluding carboxylic acids is 1. The first-order chi connectivity index (χ1) is 14.3. The Balaban J connectivity index is 2.16. The molecule has 0 fully saturated rings. The van der Waals surface area contributed by atoms with E-state index in [2.05, 4.69) is 15.0 Å². The number of aromatic hydroxyl groups is 1. The summed E-state index contributed by atoms with van der Waals surface area (Å²) in [6, 6.07) is 6.40. The van der Waals surface area contributed by atoms with Gasteiger partial charge in [0.15, 0.2) is 5.82 Å². The maximum Gasteiger partial charge on any atom is 0.266 e. The summed E-state index contributed by atoms with van der Waals surface area (Å²) in [7, 11) is 0. The van der Waals surface area contributed by atoms with E-state index in [1.807, 2.05) is 0 Å². The summed E-state index contributed by atoms with van der Waals surface area (Å²) in [5, 5.41) is 10.3. The van der Waals surface area contributed by atoms with Gasteiger partial charge in [0.05, 0.1) is 16.6 Å². The molecular weight excluding hydrogens is 384 g/mol. The number of phenols is 1. The molecule has 0 atom stereocenters. The van der Waals surface area contributed by atoms with E-state index in [4.69, 9.17) is 11.5 Å². The van der Waals surface area contributed by atoms with Gasteiger partial charge in [-0.1, -0.05) is 6.07 Å².